The zero-order chi connectivity index (χ0) is 12.9. The van der Waals surface area contributed by atoms with Crippen molar-refractivity contribution in [2.75, 3.05) is 6.61 Å². The molecule has 2 aliphatic rings. The van der Waals surface area contributed by atoms with Crippen LogP contribution >= 0.6 is 11.6 Å². The third-order valence-electron chi connectivity index (χ3n) is 3.65. The molecule has 0 radical (unpaired) electrons. The largest absolute Gasteiger partial charge is 0.464 e. The first-order chi connectivity index (χ1) is 7.62. The molecule has 0 aromatic heterocycles. The van der Waals surface area contributed by atoms with Gasteiger partial charge in [-0.25, -0.2) is 8.78 Å². The number of esters is 1. The Kier molecular flexibility index (Phi) is 2.92. The summed E-state index contributed by atoms with van der Waals surface area (Å²) < 4.78 is 30.6. The number of ether oxygens (including phenoxy) is 1. The first-order valence-corrected chi connectivity index (χ1v) is 6.24. The van der Waals surface area contributed by atoms with Crippen LogP contribution in [0.5, 0.6) is 0 Å². The zero-order valence-electron chi connectivity index (χ0n) is 10.1. The average molecular weight is 267 g/mol. The molecule has 0 atom stereocenters. The van der Waals surface area contributed by atoms with Crippen LogP contribution in [-0.2, 0) is 9.53 Å². The molecule has 2 saturated carbocycles. The molecule has 0 amide bonds. The van der Waals surface area contributed by atoms with Crippen molar-refractivity contribution < 1.29 is 18.3 Å². The van der Waals surface area contributed by atoms with E-state index in [1.54, 1.807) is 13.8 Å². The van der Waals surface area contributed by atoms with Gasteiger partial charge in [0.05, 0.1) is 6.61 Å². The van der Waals surface area contributed by atoms with Crippen LogP contribution in [0.1, 0.15) is 39.5 Å². The van der Waals surface area contributed by atoms with Gasteiger partial charge < -0.3 is 4.74 Å². The molecule has 0 aromatic rings. The SMILES string of the molecule is CC(C)(Cl)C(=O)OCC1CC2(C1)CC(F)(F)C2. The summed E-state index contributed by atoms with van der Waals surface area (Å²) in [6.45, 7) is 3.46. The average Bonchev–Trinajstić information content (AvgIpc) is 2.04. The minimum Gasteiger partial charge on any atom is -0.464 e. The van der Waals surface area contributed by atoms with Gasteiger partial charge in [0.25, 0.3) is 0 Å². The van der Waals surface area contributed by atoms with Crippen molar-refractivity contribution in [1.29, 1.82) is 0 Å². The van der Waals surface area contributed by atoms with Gasteiger partial charge in [-0.05, 0) is 38.0 Å². The topological polar surface area (TPSA) is 26.3 Å². The van der Waals surface area contributed by atoms with Crippen molar-refractivity contribution in [2.24, 2.45) is 11.3 Å². The third-order valence-corrected chi connectivity index (χ3v) is 3.80. The summed E-state index contributed by atoms with van der Waals surface area (Å²) in [5.74, 6) is -2.67. The molecule has 17 heavy (non-hydrogen) atoms. The number of carbonyl (C=O) groups is 1. The second-order valence-corrected chi connectivity index (χ2v) is 7.00. The predicted molar refractivity (Wildman–Crippen MR) is 60.2 cm³/mol. The highest BCUT2D eigenvalue weighted by atomic mass is 35.5. The molecule has 5 heteroatoms. The van der Waals surface area contributed by atoms with Gasteiger partial charge in [0.2, 0.25) is 5.92 Å². The van der Waals surface area contributed by atoms with E-state index in [-0.39, 0.29) is 24.2 Å². The van der Waals surface area contributed by atoms with E-state index in [4.69, 9.17) is 16.3 Å². The first kappa shape index (κ1) is 13.1. The molecule has 2 nitrogen and oxygen atoms in total. The van der Waals surface area contributed by atoms with E-state index in [0.29, 0.717) is 6.61 Å². The maximum absolute atomic E-state index is 12.7. The van der Waals surface area contributed by atoms with Crippen molar-refractivity contribution >= 4 is 17.6 Å². The summed E-state index contributed by atoms with van der Waals surface area (Å²) in [6.07, 6.45) is 1.51. The van der Waals surface area contributed by atoms with Crippen LogP contribution < -0.4 is 0 Å². The standard InChI is InChI=1S/C12H17ClF2O2/c1-10(2,13)9(16)17-5-8-3-11(4-8)6-12(14,15)7-11/h8H,3-7H2,1-2H3. The van der Waals surface area contributed by atoms with E-state index < -0.39 is 16.8 Å². The molecule has 0 aliphatic heterocycles. The molecular formula is C12H17ClF2O2. The lowest BCUT2D eigenvalue weighted by atomic mass is 9.50. The fourth-order valence-electron chi connectivity index (χ4n) is 2.98. The van der Waals surface area contributed by atoms with Crippen molar-refractivity contribution in [3.8, 4) is 0 Å². The molecule has 0 bridgehead atoms. The molecule has 2 aliphatic carbocycles. The maximum atomic E-state index is 12.7. The van der Waals surface area contributed by atoms with E-state index in [9.17, 15) is 13.6 Å². The maximum Gasteiger partial charge on any atom is 0.326 e. The second kappa shape index (κ2) is 3.81. The Balaban J connectivity index is 1.67. The summed E-state index contributed by atoms with van der Waals surface area (Å²) in [5, 5.41) is 0. The Morgan fingerprint density at radius 3 is 2.35 bits per heavy atom. The lowest BCUT2D eigenvalue weighted by Gasteiger charge is -2.57. The highest BCUT2D eigenvalue weighted by Crippen LogP contribution is 2.64. The minimum atomic E-state index is -2.46. The number of alkyl halides is 3. The number of halogens is 3. The van der Waals surface area contributed by atoms with Gasteiger partial charge in [0, 0.05) is 12.8 Å². The van der Waals surface area contributed by atoms with E-state index in [0.717, 1.165) is 12.8 Å². The van der Waals surface area contributed by atoms with Crippen molar-refractivity contribution in [1.82, 2.24) is 0 Å². The molecule has 2 fully saturated rings. The van der Waals surface area contributed by atoms with Crippen LogP contribution in [-0.4, -0.2) is 23.4 Å². The fraction of sp³-hybridized carbons (Fsp3) is 0.917. The molecule has 0 heterocycles. The summed E-state index contributed by atoms with van der Waals surface area (Å²) in [4.78, 5) is 10.4. The monoisotopic (exact) mass is 266 g/mol. The fourth-order valence-corrected chi connectivity index (χ4v) is 3.04. The Hall–Kier alpha value is -0.380. The Morgan fingerprint density at radius 1 is 1.41 bits per heavy atom. The quantitative estimate of drug-likeness (QED) is 0.578. The Labute approximate surface area is 105 Å². The molecular weight excluding hydrogens is 250 g/mol. The predicted octanol–water partition coefficient (Wildman–Crippen LogP) is 3.37. The summed E-state index contributed by atoms with van der Waals surface area (Å²) in [7, 11) is 0. The molecule has 0 unspecified atom stereocenters. The van der Waals surface area contributed by atoms with Gasteiger partial charge in [0.15, 0.2) is 0 Å². The van der Waals surface area contributed by atoms with Crippen LogP contribution in [0.15, 0.2) is 0 Å². The van der Waals surface area contributed by atoms with Gasteiger partial charge in [-0.2, -0.15) is 0 Å². The number of hydrogen-bond acceptors (Lipinski definition) is 2. The Morgan fingerprint density at radius 2 is 1.94 bits per heavy atom. The first-order valence-electron chi connectivity index (χ1n) is 5.86. The molecule has 0 N–H and O–H groups in total. The van der Waals surface area contributed by atoms with Gasteiger partial charge in [-0.1, -0.05) is 0 Å². The molecule has 98 valence electrons. The van der Waals surface area contributed by atoms with Crippen LogP contribution in [0.4, 0.5) is 8.78 Å². The van der Waals surface area contributed by atoms with Gasteiger partial charge in [0.1, 0.15) is 4.87 Å². The van der Waals surface area contributed by atoms with E-state index >= 15 is 0 Å². The minimum absolute atomic E-state index is 0.00540. The van der Waals surface area contributed by atoms with Crippen LogP contribution in [0.25, 0.3) is 0 Å². The summed E-state index contributed by atoms with van der Waals surface area (Å²) >= 11 is 5.79. The normalized spacial score (nSPS) is 26.2. The second-order valence-electron chi connectivity index (χ2n) is 6.05. The van der Waals surface area contributed by atoms with Crippen LogP contribution in [0.2, 0.25) is 0 Å². The molecule has 0 saturated heterocycles. The number of rotatable bonds is 3. The summed E-state index contributed by atoms with van der Waals surface area (Å²) in [6, 6.07) is 0. The highest BCUT2D eigenvalue weighted by Gasteiger charge is 2.61. The number of hydrogen-bond donors (Lipinski definition) is 0. The third kappa shape index (κ3) is 2.72. The van der Waals surface area contributed by atoms with Gasteiger partial charge >= 0.3 is 5.97 Å². The smallest absolute Gasteiger partial charge is 0.326 e. The van der Waals surface area contributed by atoms with Crippen molar-refractivity contribution in [3.05, 3.63) is 0 Å². The zero-order valence-corrected chi connectivity index (χ0v) is 10.8. The lowest BCUT2D eigenvalue weighted by molar-refractivity contribution is -0.212. The Bertz CT molecular complexity index is 320. The van der Waals surface area contributed by atoms with Gasteiger partial charge in [-0.15, -0.1) is 11.6 Å². The van der Waals surface area contributed by atoms with E-state index in [1.165, 1.54) is 0 Å². The molecule has 1 spiro atoms. The molecule has 2 rings (SSSR count). The highest BCUT2D eigenvalue weighted by molar-refractivity contribution is 6.33. The van der Waals surface area contributed by atoms with Crippen molar-refractivity contribution in [3.63, 3.8) is 0 Å². The van der Waals surface area contributed by atoms with Gasteiger partial charge in [-0.3, -0.25) is 4.79 Å². The van der Waals surface area contributed by atoms with Crippen LogP contribution in [0, 0.1) is 11.3 Å². The number of carbonyl (C=O) groups excluding carboxylic acids is 1. The van der Waals surface area contributed by atoms with E-state index in [1.807, 2.05) is 0 Å². The van der Waals surface area contributed by atoms with E-state index in [2.05, 4.69) is 0 Å². The van der Waals surface area contributed by atoms with Crippen molar-refractivity contribution in [2.45, 2.75) is 50.3 Å². The summed E-state index contributed by atoms with van der Waals surface area (Å²) in [5.41, 5.74) is -0.156. The van der Waals surface area contributed by atoms with Crippen LogP contribution in [0.3, 0.4) is 0 Å². The molecule has 0 aromatic carbocycles. The lowest BCUT2D eigenvalue weighted by Crippen LogP contribution is -2.54.